The van der Waals surface area contributed by atoms with E-state index < -0.39 is 87.6 Å². The number of rotatable bonds is 4. The van der Waals surface area contributed by atoms with Gasteiger partial charge >= 0.3 is 12.4 Å². The highest BCUT2D eigenvalue weighted by atomic mass is 35.5. The highest BCUT2D eigenvalue weighted by Gasteiger charge is 2.66. The van der Waals surface area contributed by atoms with E-state index in [-0.39, 0.29) is 35.3 Å². The fourth-order valence-corrected chi connectivity index (χ4v) is 9.57. The molecule has 6 nitrogen and oxygen atoms in total. The molecule has 6 unspecified atom stereocenters. The van der Waals surface area contributed by atoms with E-state index in [1.807, 2.05) is 0 Å². The third kappa shape index (κ3) is 5.63. The number of phenolic OH excluding ortho intramolecular Hbond substituents is 1. The summed E-state index contributed by atoms with van der Waals surface area (Å²) < 4.78 is 83.4. The third-order valence-electron chi connectivity index (χ3n) is 11.5. The summed E-state index contributed by atoms with van der Waals surface area (Å²) in [5, 5.41) is 10.4. The summed E-state index contributed by atoms with van der Waals surface area (Å²) in [4.78, 5) is 59.0. The molecule has 3 aliphatic carbocycles. The molecule has 0 radical (unpaired) electrons. The molecule has 280 valence electrons. The van der Waals surface area contributed by atoms with E-state index in [1.165, 1.54) is 24.3 Å². The van der Waals surface area contributed by atoms with Crippen LogP contribution in [0.1, 0.15) is 46.6 Å². The number of Topliss-reactive ketones (excluding diaryl/α,β-unsaturated/α-hetero) is 1. The van der Waals surface area contributed by atoms with E-state index in [1.54, 1.807) is 66.7 Å². The normalized spacial score (nSPS) is 26.6. The molecular weight excluding hydrogens is 748 g/mol. The van der Waals surface area contributed by atoms with Crippen molar-refractivity contribution in [2.24, 2.45) is 23.7 Å². The Kier molecular flexibility index (Phi) is 8.49. The predicted octanol–water partition coefficient (Wildman–Crippen LogP) is 9.11. The number of ketones is 2. The zero-order valence-corrected chi connectivity index (χ0v) is 29.1. The van der Waals surface area contributed by atoms with Gasteiger partial charge in [-0.3, -0.25) is 19.2 Å². The van der Waals surface area contributed by atoms with Gasteiger partial charge in [0, 0.05) is 22.4 Å². The number of alkyl halides is 6. The van der Waals surface area contributed by atoms with Crippen molar-refractivity contribution in [3.63, 3.8) is 0 Å². The average molecular weight is 776 g/mol. The Morgan fingerprint density at radius 2 is 1.36 bits per heavy atom. The molecule has 2 amide bonds. The summed E-state index contributed by atoms with van der Waals surface area (Å²) in [5.74, 6) is -8.76. The molecule has 1 saturated heterocycles. The van der Waals surface area contributed by atoms with Crippen LogP contribution in [0.15, 0.2) is 115 Å². The van der Waals surface area contributed by atoms with Gasteiger partial charge in [-0.2, -0.15) is 26.3 Å². The quantitative estimate of drug-likeness (QED) is 0.127. The molecule has 2 fully saturated rings. The lowest BCUT2D eigenvalue weighted by Crippen LogP contribution is -2.58. The molecular formula is C42H28ClF6NO5. The van der Waals surface area contributed by atoms with Gasteiger partial charge in [-0.25, -0.2) is 4.90 Å². The maximum absolute atomic E-state index is 15.1. The van der Waals surface area contributed by atoms with Crippen molar-refractivity contribution in [3.05, 3.63) is 148 Å². The zero-order chi connectivity index (χ0) is 39.2. The number of hydrogen-bond acceptors (Lipinski definition) is 5. The number of aromatic hydroxyl groups is 1. The first kappa shape index (κ1) is 36.5. The molecule has 8 rings (SSSR count). The topological polar surface area (TPSA) is 91.8 Å². The molecule has 1 heterocycles. The molecule has 1 saturated carbocycles. The number of amides is 2. The lowest BCUT2D eigenvalue weighted by molar-refractivity contribution is -0.143. The van der Waals surface area contributed by atoms with Crippen molar-refractivity contribution in [2.75, 3.05) is 4.90 Å². The lowest BCUT2D eigenvalue weighted by atomic mass is 9.44. The van der Waals surface area contributed by atoms with Crippen LogP contribution in [0, 0.1) is 23.7 Å². The second-order valence-electron chi connectivity index (χ2n) is 14.3. The van der Waals surface area contributed by atoms with Gasteiger partial charge in [0.05, 0.1) is 34.1 Å². The molecule has 1 N–H and O–H groups in total. The van der Waals surface area contributed by atoms with E-state index in [9.17, 15) is 45.8 Å². The van der Waals surface area contributed by atoms with Crippen LogP contribution in [-0.4, -0.2) is 28.5 Å². The number of imide groups is 1. The molecule has 4 aliphatic rings. The van der Waals surface area contributed by atoms with E-state index in [0.29, 0.717) is 39.3 Å². The van der Waals surface area contributed by atoms with Crippen molar-refractivity contribution in [1.82, 2.24) is 0 Å². The van der Waals surface area contributed by atoms with Crippen LogP contribution in [0.5, 0.6) is 5.75 Å². The summed E-state index contributed by atoms with van der Waals surface area (Å²) in [5.41, 5.74) is -4.05. The molecule has 4 aromatic rings. The van der Waals surface area contributed by atoms with E-state index in [4.69, 9.17) is 11.6 Å². The van der Waals surface area contributed by atoms with E-state index in [2.05, 4.69) is 0 Å². The number of hydrogen-bond donors (Lipinski definition) is 1. The van der Waals surface area contributed by atoms with Crippen molar-refractivity contribution in [1.29, 1.82) is 0 Å². The van der Waals surface area contributed by atoms with Gasteiger partial charge in [-0.05, 0) is 71.9 Å². The Morgan fingerprint density at radius 1 is 0.745 bits per heavy atom. The first-order chi connectivity index (χ1) is 26.0. The molecule has 0 spiro atoms. The number of carbonyl (C=O) groups is 4. The second-order valence-corrected chi connectivity index (χ2v) is 14.7. The minimum Gasteiger partial charge on any atom is -0.508 e. The van der Waals surface area contributed by atoms with Crippen molar-refractivity contribution >= 4 is 46.2 Å². The van der Waals surface area contributed by atoms with Gasteiger partial charge in [-0.1, -0.05) is 90.0 Å². The maximum Gasteiger partial charge on any atom is 0.416 e. The Balaban J connectivity index is 1.34. The largest absolute Gasteiger partial charge is 0.508 e. The SMILES string of the molecule is O=C1C(c2ccccc2)=CC(=O)C2(c3ccccc3)C1CC1C(=CCC3C(=O)N(c4cc(C(F)(F)F)cc(C(F)(F)F)c4)C(=O)C31)C2c1ccc(O)cc1Cl. The first-order valence-electron chi connectivity index (χ1n) is 17.3. The Labute approximate surface area is 314 Å². The highest BCUT2D eigenvalue weighted by Crippen LogP contribution is 2.64. The number of fused-ring (bicyclic) bond motifs is 4. The van der Waals surface area contributed by atoms with Crippen LogP contribution in [0.25, 0.3) is 5.57 Å². The van der Waals surface area contributed by atoms with Gasteiger partial charge in [0.2, 0.25) is 11.8 Å². The highest BCUT2D eigenvalue weighted by molar-refractivity contribution is 6.33. The number of carbonyl (C=O) groups excluding carboxylic acids is 4. The fraction of sp³-hybridized carbons (Fsp3) is 0.238. The Hall–Kier alpha value is -5.49. The zero-order valence-electron chi connectivity index (χ0n) is 28.4. The number of phenols is 1. The van der Waals surface area contributed by atoms with Gasteiger partial charge in [0.15, 0.2) is 11.6 Å². The summed E-state index contributed by atoms with van der Waals surface area (Å²) in [7, 11) is 0. The average Bonchev–Trinajstić information content (AvgIpc) is 3.41. The predicted molar refractivity (Wildman–Crippen MR) is 189 cm³/mol. The van der Waals surface area contributed by atoms with Crippen molar-refractivity contribution in [2.45, 2.75) is 36.5 Å². The van der Waals surface area contributed by atoms with Crippen LogP contribution in [-0.2, 0) is 36.9 Å². The molecule has 6 atom stereocenters. The maximum atomic E-state index is 15.1. The third-order valence-corrected chi connectivity index (χ3v) is 11.8. The van der Waals surface area contributed by atoms with E-state index >= 15 is 4.79 Å². The van der Waals surface area contributed by atoms with Crippen LogP contribution >= 0.6 is 11.6 Å². The van der Waals surface area contributed by atoms with Gasteiger partial charge in [0.25, 0.3) is 0 Å². The molecule has 4 aromatic carbocycles. The number of allylic oxidation sites excluding steroid dienone is 4. The number of benzene rings is 4. The molecule has 55 heavy (non-hydrogen) atoms. The lowest BCUT2D eigenvalue weighted by Gasteiger charge is -2.55. The summed E-state index contributed by atoms with van der Waals surface area (Å²) in [6.07, 6.45) is -7.78. The van der Waals surface area contributed by atoms with E-state index in [0.717, 1.165) is 0 Å². The monoisotopic (exact) mass is 775 g/mol. The van der Waals surface area contributed by atoms with Crippen LogP contribution < -0.4 is 4.90 Å². The molecule has 0 bridgehead atoms. The van der Waals surface area contributed by atoms with Gasteiger partial charge in [-0.15, -0.1) is 0 Å². The van der Waals surface area contributed by atoms with Gasteiger partial charge in [0.1, 0.15) is 5.75 Å². The molecule has 1 aliphatic heterocycles. The standard InChI is InChI=1S/C42H28ClF6NO5/c43-33-18-26(51)11-12-28(33)36-27-13-14-29-35(39(55)50(38(29)54)25-16-23(41(44,45)46)15-24(17-25)42(47,48)49)31(27)19-32-37(53)30(21-7-3-1-4-8-21)20-34(52)40(32,36)22-9-5-2-6-10-22/h1-13,15-18,20,29,31-32,35-36,51H,14,19H2. The minimum atomic E-state index is -5.23. The van der Waals surface area contributed by atoms with Crippen LogP contribution in [0.2, 0.25) is 5.02 Å². The van der Waals surface area contributed by atoms with Crippen LogP contribution in [0.4, 0.5) is 32.0 Å². The van der Waals surface area contributed by atoms with Crippen molar-refractivity contribution < 1.29 is 50.6 Å². The Bertz CT molecular complexity index is 2320. The van der Waals surface area contributed by atoms with Crippen molar-refractivity contribution in [3.8, 4) is 5.75 Å². The smallest absolute Gasteiger partial charge is 0.416 e. The molecule has 0 aromatic heterocycles. The van der Waals surface area contributed by atoms with Gasteiger partial charge < -0.3 is 5.11 Å². The second kappa shape index (κ2) is 12.8. The first-order valence-corrected chi connectivity index (χ1v) is 17.7. The fourth-order valence-electron chi connectivity index (χ4n) is 9.29. The number of anilines is 1. The molecule has 13 heteroatoms. The minimum absolute atomic E-state index is 0.0416. The number of nitrogens with zero attached hydrogens (tertiary/aromatic N) is 1. The Morgan fingerprint density at radius 3 is 1.96 bits per heavy atom. The summed E-state index contributed by atoms with van der Waals surface area (Å²) >= 11 is 6.84. The summed E-state index contributed by atoms with van der Waals surface area (Å²) in [6.45, 7) is 0. The van der Waals surface area contributed by atoms with Crippen LogP contribution in [0.3, 0.4) is 0 Å². The number of halogens is 7. The summed E-state index contributed by atoms with van der Waals surface area (Å²) in [6, 6.07) is 21.9.